The maximum absolute atomic E-state index is 11.2. The normalized spacial score (nSPS) is 11.6. The lowest BCUT2D eigenvalue weighted by atomic mass is 10.3. The molecular weight excluding hydrogens is 242 g/mol. The summed E-state index contributed by atoms with van der Waals surface area (Å²) >= 11 is 0. The highest BCUT2D eigenvalue weighted by atomic mass is 16.4. The Balaban J connectivity index is 2.31. The summed E-state index contributed by atoms with van der Waals surface area (Å²) in [6, 6.07) is 5.96. The average Bonchev–Trinajstić information content (AvgIpc) is 2.75. The summed E-state index contributed by atoms with van der Waals surface area (Å²) in [6.45, 7) is 5.11. The second-order valence-corrected chi connectivity index (χ2v) is 4.96. The molecule has 0 aliphatic heterocycles. The van der Waals surface area contributed by atoms with Crippen molar-refractivity contribution in [3.63, 3.8) is 0 Å². The lowest BCUT2D eigenvalue weighted by Crippen LogP contribution is -2.28. The largest absolute Gasteiger partial charge is 0.476 e. The van der Waals surface area contributed by atoms with E-state index < -0.39 is 5.97 Å². The predicted octanol–water partition coefficient (Wildman–Crippen LogP) is 1.92. The molecule has 0 bridgehead atoms. The first-order chi connectivity index (χ1) is 9.00. The molecule has 0 atom stereocenters. The zero-order valence-corrected chi connectivity index (χ0v) is 11.5. The minimum atomic E-state index is -0.979. The Kier molecular flexibility index (Phi) is 3.85. The topological polar surface area (TPSA) is 57.8 Å². The highest BCUT2D eigenvalue weighted by molar-refractivity contribution is 5.93. The summed E-state index contributed by atoms with van der Waals surface area (Å²) in [5, 5.41) is 9.18. The van der Waals surface area contributed by atoms with Crippen LogP contribution in [0.3, 0.4) is 0 Å². The van der Waals surface area contributed by atoms with E-state index in [1.165, 1.54) is 0 Å². The second kappa shape index (κ2) is 5.40. The number of rotatable bonds is 5. The lowest BCUT2D eigenvalue weighted by molar-refractivity contribution is 0.0693. The molecule has 0 spiro atoms. The molecule has 1 N–H and O–H groups in total. The first-order valence-corrected chi connectivity index (χ1v) is 6.40. The number of hydrogen-bond acceptors (Lipinski definition) is 3. The Morgan fingerprint density at radius 3 is 2.84 bits per heavy atom. The fourth-order valence-corrected chi connectivity index (χ4v) is 1.97. The van der Waals surface area contributed by atoms with Crippen molar-refractivity contribution in [3.05, 3.63) is 35.9 Å². The van der Waals surface area contributed by atoms with Gasteiger partial charge in [0.05, 0.1) is 5.52 Å². The number of hydrogen-bond donors (Lipinski definition) is 1. The van der Waals surface area contributed by atoms with Crippen molar-refractivity contribution >= 4 is 11.5 Å². The molecule has 0 unspecified atom stereocenters. The van der Waals surface area contributed by atoms with Gasteiger partial charge in [0, 0.05) is 25.2 Å². The van der Waals surface area contributed by atoms with Crippen molar-refractivity contribution in [3.8, 4) is 0 Å². The summed E-state index contributed by atoms with van der Waals surface area (Å²) in [5.41, 5.74) is 0.778. The van der Waals surface area contributed by atoms with Gasteiger partial charge in [-0.2, -0.15) is 0 Å². The molecule has 2 aromatic heterocycles. The van der Waals surface area contributed by atoms with E-state index in [1.54, 1.807) is 6.07 Å². The fraction of sp³-hybridized carbons (Fsp3) is 0.429. The van der Waals surface area contributed by atoms with Gasteiger partial charge < -0.3 is 14.4 Å². The Morgan fingerprint density at radius 2 is 2.21 bits per heavy atom. The molecule has 2 rings (SSSR count). The molecule has 2 heterocycles. The number of aromatic carboxylic acids is 1. The first-order valence-electron chi connectivity index (χ1n) is 6.40. The zero-order valence-electron chi connectivity index (χ0n) is 11.5. The molecule has 0 saturated heterocycles. The van der Waals surface area contributed by atoms with Crippen LogP contribution in [0.15, 0.2) is 24.4 Å². The van der Waals surface area contributed by atoms with Gasteiger partial charge in [-0.3, -0.25) is 0 Å². The maximum atomic E-state index is 11.2. The van der Waals surface area contributed by atoms with E-state index in [9.17, 15) is 9.90 Å². The number of fused-ring (bicyclic) bond motifs is 1. The molecule has 5 nitrogen and oxygen atoms in total. The molecule has 0 aliphatic carbocycles. The fourth-order valence-electron chi connectivity index (χ4n) is 1.97. The maximum Gasteiger partial charge on any atom is 0.356 e. The molecular formula is C14H19N3O2. The Hall–Kier alpha value is -1.88. The summed E-state index contributed by atoms with van der Waals surface area (Å²) < 4.78 is 1.86. The molecule has 19 heavy (non-hydrogen) atoms. The van der Waals surface area contributed by atoms with E-state index in [4.69, 9.17) is 0 Å². The molecule has 0 fully saturated rings. The van der Waals surface area contributed by atoms with E-state index >= 15 is 0 Å². The number of aromatic nitrogens is 2. The van der Waals surface area contributed by atoms with Crippen LogP contribution in [0.2, 0.25) is 0 Å². The standard InChI is InChI=1S/C14H19N3O2/c1-10(2)16(3)9-7-12-15-13(14(18)19)11-6-4-5-8-17(11)12/h4-6,8,10H,7,9H2,1-3H3,(H,18,19). The number of carbonyl (C=O) groups is 1. The van der Waals surface area contributed by atoms with Crippen LogP contribution >= 0.6 is 0 Å². The van der Waals surface area contributed by atoms with Crippen molar-refractivity contribution in [1.29, 1.82) is 0 Å². The van der Waals surface area contributed by atoms with Gasteiger partial charge in [-0.1, -0.05) is 6.07 Å². The van der Waals surface area contributed by atoms with Gasteiger partial charge in [0.2, 0.25) is 0 Å². The van der Waals surface area contributed by atoms with Gasteiger partial charge in [0.15, 0.2) is 5.69 Å². The third-order valence-electron chi connectivity index (χ3n) is 3.39. The molecule has 5 heteroatoms. The van der Waals surface area contributed by atoms with Gasteiger partial charge in [0.25, 0.3) is 0 Å². The highest BCUT2D eigenvalue weighted by Gasteiger charge is 2.16. The quantitative estimate of drug-likeness (QED) is 0.893. The third kappa shape index (κ3) is 2.76. The van der Waals surface area contributed by atoms with Crippen LogP contribution in [-0.2, 0) is 6.42 Å². The smallest absolute Gasteiger partial charge is 0.356 e. The van der Waals surface area contributed by atoms with Gasteiger partial charge in [-0.05, 0) is 33.0 Å². The van der Waals surface area contributed by atoms with Gasteiger partial charge in [0.1, 0.15) is 5.82 Å². The number of carboxylic acids is 1. The first kappa shape index (κ1) is 13.5. The van der Waals surface area contributed by atoms with E-state index in [2.05, 4.69) is 30.8 Å². The zero-order chi connectivity index (χ0) is 14.0. The molecule has 102 valence electrons. The number of nitrogens with zero attached hydrogens (tertiary/aromatic N) is 3. The van der Waals surface area contributed by atoms with E-state index in [1.807, 2.05) is 22.7 Å². The van der Waals surface area contributed by atoms with Gasteiger partial charge in [-0.25, -0.2) is 9.78 Å². The number of imidazole rings is 1. The van der Waals surface area contributed by atoms with Crippen LogP contribution in [0.5, 0.6) is 0 Å². The minimum absolute atomic E-state index is 0.128. The summed E-state index contributed by atoms with van der Waals surface area (Å²) in [7, 11) is 2.05. The highest BCUT2D eigenvalue weighted by Crippen LogP contribution is 2.14. The van der Waals surface area contributed by atoms with Crippen LogP contribution < -0.4 is 0 Å². The SMILES string of the molecule is CC(C)N(C)CCc1nc(C(=O)O)c2ccccn12. The molecule has 0 aromatic carbocycles. The van der Waals surface area contributed by atoms with Gasteiger partial charge in [-0.15, -0.1) is 0 Å². The lowest BCUT2D eigenvalue weighted by Gasteiger charge is -2.20. The van der Waals surface area contributed by atoms with Crippen LogP contribution in [0.4, 0.5) is 0 Å². The van der Waals surface area contributed by atoms with Crippen LogP contribution in [-0.4, -0.2) is 45.0 Å². The number of pyridine rings is 1. The predicted molar refractivity (Wildman–Crippen MR) is 73.6 cm³/mol. The van der Waals surface area contributed by atoms with Crippen LogP contribution in [0, 0.1) is 0 Å². The molecule has 0 aliphatic rings. The Labute approximate surface area is 112 Å². The van der Waals surface area contributed by atoms with E-state index in [0.717, 1.165) is 18.8 Å². The average molecular weight is 261 g/mol. The van der Waals surface area contributed by atoms with Crippen LogP contribution in [0.1, 0.15) is 30.2 Å². The second-order valence-electron chi connectivity index (χ2n) is 4.96. The van der Waals surface area contributed by atoms with Crippen LogP contribution in [0.25, 0.3) is 5.52 Å². The summed E-state index contributed by atoms with van der Waals surface area (Å²) in [6.07, 6.45) is 2.59. The molecule has 2 aromatic rings. The monoisotopic (exact) mass is 261 g/mol. The Bertz CT molecular complexity index is 589. The molecule has 0 saturated carbocycles. The van der Waals surface area contributed by atoms with Crippen molar-refractivity contribution in [1.82, 2.24) is 14.3 Å². The van der Waals surface area contributed by atoms with Gasteiger partial charge >= 0.3 is 5.97 Å². The van der Waals surface area contributed by atoms with Crippen molar-refractivity contribution in [2.75, 3.05) is 13.6 Å². The third-order valence-corrected chi connectivity index (χ3v) is 3.39. The van der Waals surface area contributed by atoms with E-state index in [0.29, 0.717) is 11.6 Å². The molecule has 0 amide bonds. The number of carboxylic acid groups (broad SMARTS) is 1. The minimum Gasteiger partial charge on any atom is -0.476 e. The summed E-state index contributed by atoms with van der Waals surface area (Å²) in [5.74, 6) is -0.187. The van der Waals surface area contributed by atoms with Crippen molar-refractivity contribution < 1.29 is 9.90 Å². The molecule has 0 radical (unpaired) electrons. The number of likely N-dealkylation sites (N-methyl/N-ethyl adjacent to an activating group) is 1. The Morgan fingerprint density at radius 1 is 1.47 bits per heavy atom. The van der Waals surface area contributed by atoms with E-state index in [-0.39, 0.29) is 5.69 Å². The van der Waals surface area contributed by atoms with Crippen molar-refractivity contribution in [2.24, 2.45) is 0 Å². The van der Waals surface area contributed by atoms with Crippen molar-refractivity contribution in [2.45, 2.75) is 26.3 Å². The summed E-state index contributed by atoms with van der Waals surface area (Å²) in [4.78, 5) is 17.7.